The van der Waals surface area contributed by atoms with Gasteiger partial charge in [0, 0.05) is 30.1 Å². The molecule has 194 valence electrons. The molecule has 0 radical (unpaired) electrons. The summed E-state index contributed by atoms with van der Waals surface area (Å²) in [6.07, 6.45) is 0.710. The first-order valence-corrected chi connectivity index (χ1v) is 12.5. The lowest BCUT2D eigenvalue weighted by Crippen LogP contribution is -2.35. The molecule has 4 aromatic rings. The Bertz CT molecular complexity index is 1460. The number of tetrazole rings is 1. The SMILES string of the molecule is CC[C@H](c1nnnn1C(C)(C)C)N(Cc1ccc(F)cc1)Cc1cc2cc3c(cc2[nH]c1=O)OCCO3. The summed E-state index contributed by atoms with van der Waals surface area (Å²) in [5.74, 6) is 1.71. The largest absolute Gasteiger partial charge is 0.486 e. The zero-order valence-corrected chi connectivity index (χ0v) is 21.5. The van der Waals surface area contributed by atoms with Crippen molar-refractivity contribution in [2.24, 2.45) is 0 Å². The zero-order chi connectivity index (χ0) is 26.2. The van der Waals surface area contributed by atoms with Crippen molar-refractivity contribution in [2.75, 3.05) is 13.2 Å². The van der Waals surface area contributed by atoms with Gasteiger partial charge < -0.3 is 14.5 Å². The molecule has 0 saturated heterocycles. The Balaban J connectivity index is 1.55. The molecule has 5 rings (SSSR count). The number of nitrogens with zero attached hydrogens (tertiary/aromatic N) is 5. The molecule has 0 amide bonds. The fourth-order valence-corrected chi connectivity index (χ4v) is 4.71. The van der Waals surface area contributed by atoms with E-state index in [0.29, 0.717) is 61.1 Å². The lowest BCUT2D eigenvalue weighted by Gasteiger charge is -2.32. The average Bonchev–Trinajstić information content (AvgIpc) is 3.35. The van der Waals surface area contributed by atoms with Crippen molar-refractivity contribution in [3.63, 3.8) is 0 Å². The van der Waals surface area contributed by atoms with Gasteiger partial charge in [0.25, 0.3) is 5.56 Å². The predicted molar refractivity (Wildman–Crippen MR) is 137 cm³/mol. The van der Waals surface area contributed by atoms with Crippen LogP contribution in [0.4, 0.5) is 4.39 Å². The molecule has 2 aromatic heterocycles. The van der Waals surface area contributed by atoms with E-state index < -0.39 is 0 Å². The van der Waals surface area contributed by atoms with E-state index in [0.717, 1.165) is 10.9 Å². The van der Waals surface area contributed by atoms with Gasteiger partial charge in [-0.3, -0.25) is 9.69 Å². The van der Waals surface area contributed by atoms with Gasteiger partial charge in [0.05, 0.1) is 17.1 Å². The van der Waals surface area contributed by atoms with Crippen molar-refractivity contribution in [1.82, 2.24) is 30.1 Å². The van der Waals surface area contributed by atoms with Gasteiger partial charge in [0.2, 0.25) is 0 Å². The Morgan fingerprint density at radius 2 is 1.78 bits per heavy atom. The maximum atomic E-state index is 13.6. The molecule has 9 nitrogen and oxygen atoms in total. The van der Waals surface area contributed by atoms with Crippen LogP contribution in [0.2, 0.25) is 0 Å². The topological polar surface area (TPSA) is 98.2 Å². The second kappa shape index (κ2) is 9.93. The monoisotopic (exact) mass is 506 g/mol. The Morgan fingerprint density at radius 3 is 2.46 bits per heavy atom. The van der Waals surface area contributed by atoms with E-state index in [4.69, 9.17) is 9.47 Å². The van der Waals surface area contributed by atoms with Gasteiger partial charge in [-0.1, -0.05) is 19.1 Å². The van der Waals surface area contributed by atoms with Crippen LogP contribution in [-0.2, 0) is 18.6 Å². The fraction of sp³-hybridized carbons (Fsp3) is 0.407. The molecule has 1 atom stereocenters. The quantitative estimate of drug-likeness (QED) is 0.398. The third-order valence-electron chi connectivity index (χ3n) is 6.51. The Kier molecular flexibility index (Phi) is 6.68. The van der Waals surface area contributed by atoms with E-state index >= 15 is 0 Å². The average molecular weight is 507 g/mol. The number of benzene rings is 2. The summed E-state index contributed by atoms with van der Waals surface area (Å²) in [6, 6.07) is 11.8. The van der Waals surface area contributed by atoms with E-state index in [2.05, 4.69) is 32.3 Å². The molecule has 1 aliphatic rings. The highest BCUT2D eigenvalue weighted by atomic mass is 19.1. The fourth-order valence-electron chi connectivity index (χ4n) is 4.71. The number of fused-ring (bicyclic) bond motifs is 2. The molecule has 0 aliphatic carbocycles. The van der Waals surface area contributed by atoms with Gasteiger partial charge in [-0.05, 0) is 67.4 Å². The highest BCUT2D eigenvalue weighted by Crippen LogP contribution is 2.34. The number of nitrogens with one attached hydrogen (secondary N) is 1. The number of aromatic nitrogens is 5. The minimum atomic E-state index is -0.324. The van der Waals surface area contributed by atoms with Crippen LogP contribution in [-0.4, -0.2) is 43.3 Å². The van der Waals surface area contributed by atoms with E-state index in [9.17, 15) is 9.18 Å². The molecule has 0 unspecified atom stereocenters. The number of hydrogen-bond acceptors (Lipinski definition) is 7. The zero-order valence-electron chi connectivity index (χ0n) is 21.5. The minimum Gasteiger partial charge on any atom is -0.486 e. The van der Waals surface area contributed by atoms with Crippen molar-refractivity contribution in [3.05, 3.63) is 75.6 Å². The Hall–Kier alpha value is -3.79. The Morgan fingerprint density at radius 1 is 1.08 bits per heavy atom. The van der Waals surface area contributed by atoms with Crippen LogP contribution in [0.25, 0.3) is 10.9 Å². The number of hydrogen-bond donors (Lipinski definition) is 1. The smallest absolute Gasteiger partial charge is 0.252 e. The lowest BCUT2D eigenvalue weighted by molar-refractivity contribution is 0.153. The van der Waals surface area contributed by atoms with Gasteiger partial charge in [-0.15, -0.1) is 5.10 Å². The maximum absolute atomic E-state index is 13.6. The first-order valence-electron chi connectivity index (χ1n) is 12.5. The van der Waals surface area contributed by atoms with Gasteiger partial charge >= 0.3 is 0 Å². The summed E-state index contributed by atoms with van der Waals surface area (Å²) in [5.41, 5.74) is 1.70. The van der Waals surface area contributed by atoms with E-state index in [-0.39, 0.29) is 23.0 Å². The normalized spacial score (nSPS) is 14.3. The van der Waals surface area contributed by atoms with Crippen molar-refractivity contribution in [1.29, 1.82) is 0 Å². The summed E-state index contributed by atoms with van der Waals surface area (Å²) in [6.45, 7) is 9.99. The maximum Gasteiger partial charge on any atom is 0.252 e. The molecule has 0 bridgehead atoms. The van der Waals surface area contributed by atoms with Crippen molar-refractivity contribution in [3.8, 4) is 11.5 Å². The van der Waals surface area contributed by atoms with Crippen LogP contribution >= 0.6 is 0 Å². The van der Waals surface area contributed by atoms with E-state index in [1.54, 1.807) is 18.2 Å². The van der Waals surface area contributed by atoms with Crippen molar-refractivity contribution >= 4 is 10.9 Å². The molecule has 2 aromatic carbocycles. The van der Waals surface area contributed by atoms with Crippen molar-refractivity contribution < 1.29 is 13.9 Å². The lowest BCUT2D eigenvalue weighted by atomic mass is 10.0. The third kappa shape index (κ3) is 5.20. The molecule has 0 spiro atoms. The van der Waals surface area contributed by atoms with Gasteiger partial charge in [-0.25, -0.2) is 9.07 Å². The first-order chi connectivity index (χ1) is 17.7. The summed E-state index contributed by atoms with van der Waals surface area (Å²) in [4.78, 5) is 18.4. The number of halogens is 1. The summed E-state index contributed by atoms with van der Waals surface area (Å²) in [5, 5.41) is 13.4. The molecule has 10 heteroatoms. The van der Waals surface area contributed by atoms with Gasteiger partial charge in [-0.2, -0.15) is 0 Å². The molecule has 1 N–H and O–H groups in total. The Labute approximate surface area is 214 Å². The van der Waals surface area contributed by atoms with Crippen LogP contribution in [0, 0.1) is 5.82 Å². The number of ether oxygens (including phenoxy) is 2. The number of aromatic amines is 1. The minimum absolute atomic E-state index is 0.182. The highest BCUT2D eigenvalue weighted by molar-refractivity contribution is 5.83. The summed E-state index contributed by atoms with van der Waals surface area (Å²) in [7, 11) is 0. The second-order valence-corrected chi connectivity index (χ2v) is 10.3. The van der Waals surface area contributed by atoms with Crippen molar-refractivity contribution in [2.45, 2.75) is 58.8 Å². The van der Waals surface area contributed by atoms with E-state index in [1.807, 2.05) is 37.6 Å². The standard InChI is InChI=1S/C27H31FN6O3/c1-5-22(25-30-31-32-34(25)27(2,3)4)33(15-17-6-8-20(28)9-7-17)16-19-12-18-13-23-24(37-11-10-36-23)14-21(18)29-26(19)35/h6-9,12-14,22H,5,10-11,15-16H2,1-4H3,(H,29,35)/t22-/m1/s1. The van der Waals surface area contributed by atoms with Gasteiger partial charge in [0.15, 0.2) is 17.3 Å². The first kappa shape index (κ1) is 24.9. The van der Waals surface area contributed by atoms with Crippen LogP contribution in [0.1, 0.15) is 57.1 Å². The second-order valence-electron chi connectivity index (χ2n) is 10.3. The molecule has 3 heterocycles. The number of H-pyrrole nitrogens is 1. The predicted octanol–water partition coefficient (Wildman–Crippen LogP) is 4.33. The van der Waals surface area contributed by atoms with Crippen LogP contribution < -0.4 is 15.0 Å². The van der Waals surface area contributed by atoms with E-state index in [1.165, 1.54) is 12.1 Å². The van der Waals surface area contributed by atoms with Crippen LogP contribution in [0.5, 0.6) is 11.5 Å². The third-order valence-corrected chi connectivity index (χ3v) is 6.51. The summed E-state index contributed by atoms with van der Waals surface area (Å²) < 4.78 is 26.8. The van der Waals surface area contributed by atoms with Crippen LogP contribution in [0.15, 0.2) is 47.3 Å². The van der Waals surface area contributed by atoms with Gasteiger partial charge in [0.1, 0.15) is 19.0 Å². The molecule has 0 fully saturated rings. The summed E-state index contributed by atoms with van der Waals surface area (Å²) >= 11 is 0. The molecule has 0 saturated carbocycles. The number of pyridine rings is 1. The molecule has 37 heavy (non-hydrogen) atoms. The highest BCUT2D eigenvalue weighted by Gasteiger charge is 2.30. The molecular weight excluding hydrogens is 475 g/mol. The molecule has 1 aliphatic heterocycles. The van der Waals surface area contributed by atoms with Crippen LogP contribution in [0.3, 0.4) is 0 Å². The number of rotatable bonds is 7. The molecular formula is C27H31FN6O3.